The van der Waals surface area contributed by atoms with Gasteiger partial charge < -0.3 is 15.3 Å². The summed E-state index contributed by atoms with van der Waals surface area (Å²) < 4.78 is 40.2. The maximum absolute atomic E-state index is 13.0. The molecule has 0 radical (unpaired) electrons. The molecule has 0 saturated carbocycles. The van der Waals surface area contributed by atoms with E-state index in [0.29, 0.717) is 31.9 Å². The smallest absolute Gasteiger partial charge is 0.393 e. The predicted molar refractivity (Wildman–Crippen MR) is 90.0 cm³/mol. The van der Waals surface area contributed by atoms with Crippen LogP contribution in [0.1, 0.15) is 24.2 Å². The van der Waals surface area contributed by atoms with Crippen molar-refractivity contribution in [2.45, 2.75) is 31.7 Å². The first-order valence-corrected chi connectivity index (χ1v) is 8.41. The molecule has 2 aromatic heterocycles. The Morgan fingerprint density at radius 1 is 1.38 bits per heavy atom. The maximum Gasteiger partial charge on any atom is 0.417 e. The predicted octanol–water partition coefficient (Wildman–Crippen LogP) is 1.93. The molecule has 1 aliphatic heterocycles. The van der Waals surface area contributed by atoms with Gasteiger partial charge in [-0.3, -0.25) is 9.39 Å². The molecule has 142 valence electrons. The highest BCUT2D eigenvalue weighted by Crippen LogP contribution is 2.32. The summed E-state index contributed by atoms with van der Waals surface area (Å²) in [7, 11) is 1.62. The molecule has 11 heteroatoms. The number of likely N-dealkylation sites (tertiary alicyclic amines) is 1. The number of aliphatic imine (C=N–C) groups is 1. The highest BCUT2D eigenvalue weighted by molar-refractivity contribution is 6.33. The topological polar surface area (TPSA) is 78.0 Å². The number of hydrogen-bond acceptors (Lipinski definition) is 4. The van der Waals surface area contributed by atoms with Crippen LogP contribution in [0.2, 0.25) is 5.02 Å². The van der Waals surface area contributed by atoms with Gasteiger partial charge in [0.15, 0.2) is 17.4 Å². The van der Waals surface area contributed by atoms with Crippen LogP contribution in [0.15, 0.2) is 17.3 Å². The van der Waals surface area contributed by atoms with E-state index in [1.807, 2.05) is 4.90 Å². The number of hydrogen-bond donors (Lipinski definition) is 2. The van der Waals surface area contributed by atoms with Gasteiger partial charge in [0.2, 0.25) is 0 Å². The van der Waals surface area contributed by atoms with Crippen molar-refractivity contribution in [2.75, 3.05) is 20.1 Å². The van der Waals surface area contributed by atoms with Gasteiger partial charge in [-0.2, -0.15) is 13.2 Å². The zero-order valence-corrected chi connectivity index (χ0v) is 14.7. The minimum absolute atomic E-state index is 0.118. The van der Waals surface area contributed by atoms with Crippen molar-refractivity contribution in [1.82, 2.24) is 24.8 Å². The van der Waals surface area contributed by atoms with Crippen LogP contribution >= 0.6 is 11.6 Å². The van der Waals surface area contributed by atoms with Gasteiger partial charge in [0, 0.05) is 26.3 Å². The highest BCUT2D eigenvalue weighted by Gasteiger charge is 2.32. The number of nitrogens with one attached hydrogen (secondary N) is 1. The van der Waals surface area contributed by atoms with Gasteiger partial charge in [0.25, 0.3) is 0 Å². The number of nitrogens with zero attached hydrogens (tertiary/aromatic N) is 5. The monoisotopic (exact) mass is 390 g/mol. The summed E-state index contributed by atoms with van der Waals surface area (Å²) in [6.07, 6.45) is -2.62. The van der Waals surface area contributed by atoms with E-state index in [0.717, 1.165) is 12.3 Å². The summed E-state index contributed by atoms with van der Waals surface area (Å²) in [5.41, 5.74) is -0.710. The minimum atomic E-state index is -4.52. The second kappa shape index (κ2) is 7.28. The summed E-state index contributed by atoms with van der Waals surface area (Å²) in [6.45, 7) is 1.42. The van der Waals surface area contributed by atoms with E-state index in [1.54, 1.807) is 7.05 Å². The molecule has 1 saturated heterocycles. The van der Waals surface area contributed by atoms with E-state index in [-0.39, 0.29) is 29.1 Å². The van der Waals surface area contributed by atoms with Gasteiger partial charge in [-0.15, -0.1) is 10.2 Å². The summed E-state index contributed by atoms with van der Waals surface area (Å²) >= 11 is 5.91. The standard InChI is InChI=1S/C15H18ClF3N6O/c1-20-14(24-4-2-10(26)3-5-24)21-7-12-22-23-13-11(16)6-9(8-25(12)13)15(17,18)19/h6,8,10,26H,2-5,7H2,1H3,(H,20,21). The molecule has 2 N–H and O–H groups in total. The molecule has 3 heterocycles. The molecule has 0 atom stereocenters. The Morgan fingerprint density at radius 2 is 2.08 bits per heavy atom. The van der Waals surface area contributed by atoms with Crippen LogP contribution in [0.4, 0.5) is 13.2 Å². The highest BCUT2D eigenvalue weighted by atomic mass is 35.5. The first kappa shape index (κ1) is 18.7. The Labute approximate surface area is 152 Å². The lowest BCUT2D eigenvalue weighted by molar-refractivity contribution is -0.137. The number of pyridine rings is 1. The molecule has 0 aromatic carbocycles. The van der Waals surface area contributed by atoms with Crippen molar-refractivity contribution < 1.29 is 18.3 Å². The van der Waals surface area contributed by atoms with Crippen LogP contribution in [0, 0.1) is 0 Å². The molecular formula is C15H18ClF3N6O. The first-order valence-electron chi connectivity index (χ1n) is 8.03. The lowest BCUT2D eigenvalue weighted by Crippen LogP contribution is -2.46. The maximum atomic E-state index is 13.0. The van der Waals surface area contributed by atoms with Crippen molar-refractivity contribution in [3.05, 3.63) is 28.7 Å². The molecule has 2 aromatic rings. The third kappa shape index (κ3) is 3.85. The van der Waals surface area contributed by atoms with Gasteiger partial charge in [-0.1, -0.05) is 11.6 Å². The van der Waals surface area contributed by atoms with Crippen LogP contribution in [0.25, 0.3) is 5.65 Å². The molecular weight excluding hydrogens is 373 g/mol. The van der Waals surface area contributed by atoms with Gasteiger partial charge in [-0.05, 0) is 18.9 Å². The van der Waals surface area contributed by atoms with E-state index in [1.165, 1.54) is 4.40 Å². The van der Waals surface area contributed by atoms with Crippen LogP contribution in [-0.4, -0.2) is 56.8 Å². The Morgan fingerprint density at radius 3 is 2.69 bits per heavy atom. The number of aliphatic hydroxyl groups excluding tert-OH is 1. The zero-order valence-electron chi connectivity index (χ0n) is 14.0. The quantitative estimate of drug-likeness (QED) is 0.605. The normalized spacial score (nSPS) is 17.2. The van der Waals surface area contributed by atoms with Crippen LogP contribution in [-0.2, 0) is 12.7 Å². The van der Waals surface area contributed by atoms with Gasteiger partial charge >= 0.3 is 6.18 Å². The summed E-state index contributed by atoms with van der Waals surface area (Å²) in [6, 6.07) is 0.834. The molecule has 26 heavy (non-hydrogen) atoms. The number of halogens is 4. The molecule has 0 aliphatic carbocycles. The molecule has 1 aliphatic rings. The summed E-state index contributed by atoms with van der Waals surface area (Å²) in [5, 5.41) is 20.3. The van der Waals surface area contributed by atoms with Crippen molar-refractivity contribution >= 4 is 23.2 Å². The number of fused-ring (bicyclic) bond motifs is 1. The molecule has 3 rings (SSSR count). The van der Waals surface area contributed by atoms with Gasteiger partial charge in [0.05, 0.1) is 23.2 Å². The Kier molecular flexibility index (Phi) is 5.24. The Balaban J connectivity index is 1.79. The molecule has 0 bridgehead atoms. The fourth-order valence-electron chi connectivity index (χ4n) is 2.84. The number of piperidine rings is 1. The number of aromatic nitrogens is 3. The molecule has 1 fully saturated rings. The minimum Gasteiger partial charge on any atom is -0.393 e. The molecule has 7 nitrogen and oxygen atoms in total. The van der Waals surface area contributed by atoms with Crippen molar-refractivity contribution in [2.24, 2.45) is 4.99 Å². The molecule has 0 spiro atoms. The number of rotatable bonds is 2. The lowest BCUT2D eigenvalue weighted by Gasteiger charge is -2.32. The van der Waals surface area contributed by atoms with E-state index in [9.17, 15) is 18.3 Å². The van der Waals surface area contributed by atoms with Gasteiger partial charge in [0.1, 0.15) is 0 Å². The largest absolute Gasteiger partial charge is 0.417 e. The van der Waals surface area contributed by atoms with Crippen molar-refractivity contribution in [1.29, 1.82) is 0 Å². The Bertz CT molecular complexity index is 814. The third-order valence-corrected chi connectivity index (χ3v) is 4.52. The average Bonchev–Trinajstić information content (AvgIpc) is 3.00. The van der Waals surface area contributed by atoms with Crippen LogP contribution in [0.5, 0.6) is 0 Å². The zero-order chi connectivity index (χ0) is 18.9. The van der Waals surface area contributed by atoms with Crippen molar-refractivity contribution in [3.8, 4) is 0 Å². The van der Waals surface area contributed by atoms with Crippen LogP contribution < -0.4 is 5.32 Å². The first-order chi connectivity index (χ1) is 12.3. The van der Waals surface area contributed by atoms with Crippen molar-refractivity contribution in [3.63, 3.8) is 0 Å². The molecule has 0 amide bonds. The SMILES string of the molecule is CN=C(NCc1nnc2c(Cl)cc(C(F)(F)F)cn12)N1CCC(O)CC1. The second-order valence-corrected chi connectivity index (χ2v) is 6.41. The summed E-state index contributed by atoms with van der Waals surface area (Å²) in [4.78, 5) is 6.15. The lowest BCUT2D eigenvalue weighted by atomic mass is 10.1. The fourth-order valence-corrected chi connectivity index (χ4v) is 3.09. The number of guanidine groups is 1. The van der Waals surface area contributed by atoms with E-state index in [2.05, 4.69) is 20.5 Å². The van der Waals surface area contributed by atoms with Gasteiger partial charge in [-0.25, -0.2) is 0 Å². The third-order valence-electron chi connectivity index (χ3n) is 4.24. The summed E-state index contributed by atoms with van der Waals surface area (Å²) in [5.74, 6) is 0.873. The number of aliphatic hydroxyl groups is 1. The Hall–Kier alpha value is -2.07. The van der Waals surface area contributed by atoms with E-state index < -0.39 is 11.7 Å². The molecule has 0 unspecified atom stereocenters. The van der Waals surface area contributed by atoms with E-state index in [4.69, 9.17) is 11.6 Å². The van der Waals surface area contributed by atoms with E-state index >= 15 is 0 Å². The average molecular weight is 391 g/mol. The van der Waals surface area contributed by atoms with Crippen LogP contribution in [0.3, 0.4) is 0 Å². The fraction of sp³-hybridized carbons (Fsp3) is 0.533. The number of alkyl halides is 3. The second-order valence-electron chi connectivity index (χ2n) is 6.00.